The van der Waals surface area contributed by atoms with Crippen LogP contribution in [-0.2, 0) is 9.59 Å². The number of benzene rings is 1. The summed E-state index contributed by atoms with van der Waals surface area (Å²) in [6.07, 6.45) is 0.534. The molecule has 1 N–H and O–H groups in total. The van der Waals surface area contributed by atoms with Crippen LogP contribution in [0.4, 0.5) is 5.69 Å². The Kier molecular flexibility index (Phi) is 4.44. The fraction of sp³-hybridized carbons (Fsp3) is 0.429. The maximum absolute atomic E-state index is 11.8. The topological polar surface area (TPSA) is 46.2 Å². The van der Waals surface area contributed by atoms with Crippen molar-refractivity contribution < 1.29 is 9.59 Å². The van der Waals surface area contributed by atoms with Crippen LogP contribution in [0.3, 0.4) is 0 Å². The Morgan fingerprint density at radius 2 is 1.88 bits per heavy atom. The highest BCUT2D eigenvalue weighted by atomic mass is 16.2. The monoisotopic (exact) mass is 233 g/mol. The highest BCUT2D eigenvalue weighted by Gasteiger charge is 2.20. The number of ketones is 1. The van der Waals surface area contributed by atoms with Gasteiger partial charge in [-0.1, -0.05) is 13.0 Å². The number of anilines is 1. The van der Waals surface area contributed by atoms with Crippen molar-refractivity contribution in [3.8, 4) is 0 Å². The minimum atomic E-state index is -0.545. The first-order valence-electron chi connectivity index (χ1n) is 5.84. The summed E-state index contributed by atoms with van der Waals surface area (Å²) < 4.78 is 0. The molecule has 3 heteroatoms. The van der Waals surface area contributed by atoms with Crippen LogP contribution in [0.5, 0.6) is 0 Å². The van der Waals surface area contributed by atoms with Gasteiger partial charge in [0, 0.05) is 5.69 Å². The smallest absolute Gasteiger partial charge is 0.234 e. The molecule has 3 nitrogen and oxygen atoms in total. The minimum Gasteiger partial charge on any atom is -0.325 e. The van der Waals surface area contributed by atoms with Crippen LogP contribution in [-0.4, -0.2) is 11.7 Å². The Hall–Kier alpha value is -1.64. The van der Waals surface area contributed by atoms with E-state index in [1.54, 1.807) is 0 Å². The van der Waals surface area contributed by atoms with Crippen molar-refractivity contribution in [3.63, 3.8) is 0 Å². The molecule has 1 amide bonds. The van der Waals surface area contributed by atoms with Crippen molar-refractivity contribution in [2.24, 2.45) is 5.92 Å². The number of carbonyl (C=O) groups excluding carboxylic acids is 2. The molecule has 0 aliphatic rings. The predicted molar refractivity (Wildman–Crippen MR) is 69.0 cm³/mol. The van der Waals surface area contributed by atoms with Crippen LogP contribution >= 0.6 is 0 Å². The van der Waals surface area contributed by atoms with E-state index in [0.717, 1.165) is 11.3 Å². The molecule has 1 aromatic carbocycles. The first kappa shape index (κ1) is 13.4. The quantitative estimate of drug-likeness (QED) is 0.813. The first-order valence-corrected chi connectivity index (χ1v) is 5.84. The molecule has 0 aliphatic carbocycles. The molecule has 0 aromatic heterocycles. The van der Waals surface area contributed by atoms with Gasteiger partial charge in [-0.15, -0.1) is 0 Å². The molecule has 0 radical (unpaired) electrons. The van der Waals surface area contributed by atoms with E-state index in [9.17, 15) is 9.59 Å². The Balaban J connectivity index is 2.80. The number of amides is 1. The normalized spacial score (nSPS) is 12.0. The van der Waals surface area contributed by atoms with E-state index in [1.807, 2.05) is 39.0 Å². The van der Waals surface area contributed by atoms with Gasteiger partial charge in [-0.2, -0.15) is 0 Å². The Morgan fingerprint density at radius 3 is 2.35 bits per heavy atom. The van der Waals surface area contributed by atoms with E-state index < -0.39 is 5.92 Å². The molecular formula is C14H19NO2. The largest absolute Gasteiger partial charge is 0.325 e. The summed E-state index contributed by atoms with van der Waals surface area (Å²) in [6.45, 7) is 7.30. The minimum absolute atomic E-state index is 0.0890. The molecule has 1 rings (SSSR count). The van der Waals surface area contributed by atoms with Gasteiger partial charge < -0.3 is 5.32 Å². The third-order valence-electron chi connectivity index (χ3n) is 2.99. The number of rotatable bonds is 4. The molecule has 1 unspecified atom stereocenters. The molecule has 17 heavy (non-hydrogen) atoms. The Bertz CT molecular complexity index is 438. The van der Waals surface area contributed by atoms with Crippen LogP contribution in [0.15, 0.2) is 18.2 Å². The lowest BCUT2D eigenvalue weighted by atomic mass is 10.0. The van der Waals surface area contributed by atoms with Gasteiger partial charge in [0.05, 0.1) is 5.92 Å². The summed E-state index contributed by atoms with van der Waals surface area (Å²) in [5, 5.41) is 2.78. The van der Waals surface area contributed by atoms with Gasteiger partial charge in [-0.3, -0.25) is 9.59 Å². The lowest BCUT2D eigenvalue weighted by Gasteiger charge is -2.12. The summed E-state index contributed by atoms with van der Waals surface area (Å²) >= 11 is 0. The number of hydrogen-bond acceptors (Lipinski definition) is 2. The maximum Gasteiger partial charge on any atom is 0.234 e. The summed E-state index contributed by atoms with van der Waals surface area (Å²) in [5.41, 5.74) is 3.05. The highest BCUT2D eigenvalue weighted by Crippen LogP contribution is 2.16. The molecule has 92 valence electrons. The molecule has 0 saturated carbocycles. The Morgan fingerprint density at radius 1 is 1.24 bits per heavy atom. The molecule has 0 spiro atoms. The highest BCUT2D eigenvalue weighted by molar-refractivity contribution is 6.06. The van der Waals surface area contributed by atoms with Crippen molar-refractivity contribution in [2.45, 2.75) is 34.1 Å². The van der Waals surface area contributed by atoms with Gasteiger partial charge in [0.25, 0.3) is 0 Å². The van der Waals surface area contributed by atoms with Crippen molar-refractivity contribution >= 4 is 17.4 Å². The van der Waals surface area contributed by atoms with Crippen LogP contribution in [0, 0.1) is 19.8 Å². The van der Waals surface area contributed by atoms with Crippen LogP contribution in [0.2, 0.25) is 0 Å². The van der Waals surface area contributed by atoms with Crippen molar-refractivity contribution in [2.75, 3.05) is 5.32 Å². The number of Topliss-reactive ketones (excluding diaryl/α,β-unsaturated/α-hetero) is 1. The van der Waals surface area contributed by atoms with Crippen LogP contribution in [0.1, 0.15) is 31.4 Å². The first-order chi connectivity index (χ1) is 7.95. The lowest BCUT2D eigenvalue weighted by molar-refractivity contribution is -0.129. The number of nitrogens with one attached hydrogen (secondary N) is 1. The predicted octanol–water partition coefficient (Wildman–Crippen LogP) is 2.86. The van der Waals surface area contributed by atoms with Gasteiger partial charge in [0.2, 0.25) is 5.91 Å². The van der Waals surface area contributed by atoms with Gasteiger partial charge >= 0.3 is 0 Å². The SMILES string of the molecule is CCC(C(C)=O)C(=O)Nc1ccc(C)c(C)c1. The standard InChI is InChI=1S/C14H19NO2/c1-5-13(11(4)16)14(17)15-12-7-6-9(2)10(3)8-12/h6-8,13H,5H2,1-4H3,(H,15,17). The molecule has 0 bridgehead atoms. The van der Waals surface area contributed by atoms with E-state index in [1.165, 1.54) is 12.5 Å². The Labute approximate surface area is 102 Å². The second-order valence-corrected chi connectivity index (χ2v) is 4.36. The number of aryl methyl sites for hydroxylation is 2. The zero-order valence-corrected chi connectivity index (χ0v) is 10.8. The molecule has 1 atom stereocenters. The number of hydrogen-bond donors (Lipinski definition) is 1. The van der Waals surface area contributed by atoms with Gasteiger partial charge in [-0.25, -0.2) is 0 Å². The van der Waals surface area contributed by atoms with Crippen LogP contribution < -0.4 is 5.32 Å². The van der Waals surface area contributed by atoms with Gasteiger partial charge in [0.15, 0.2) is 0 Å². The van der Waals surface area contributed by atoms with Crippen LogP contribution in [0.25, 0.3) is 0 Å². The van der Waals surface area contributed by atoms with Crippen molar-refractivity contribution in [1.82, 2.24) is 0 Å². The zero-order valence-electron chi connectivity index (χ0n) is 10.8. The fourth-order valence-corrected chi connectivity index (χ4v) is 1.71. The van der Waals surface area contributed by atoms with Crippen molar-refractivity contribution in [3.05, 3.63) is 29.3 Å². The van der Waals surface area contributed by atoms with E-state index in [2.05, 4.69) is 5.32 Å². The lowest BCUT2D eigenvalue weighted by Crippen LogP contribution is -2.27. The molecule has 0 fully saturated rings. The van der Waals surface area contributed by atoms with E-state index in [4.69, 9.17) is 0 Å². The van der Waals surface area contributed by atoms with E-state index >= 15 is 0 Å². The fourth-order valence-electron chi connectivity index (χ4n) is 1.71. The summed E-state index contributed by atoms with van der Waals surface area (Å²) in [4.78, 5) is 23.1. The summed E-state index contributed by atoms with van der Waals surface area (Å²) in [6, 6.07) is 5.73. The van der Waals surface area contributed by atoms with E-state index in [-0.39, 0.29) is 11.7 Å². The second-order valence-electron chi connectivity index (χ2n) is 4.36. The second kappa shape index (κ2) is 5.62. The third-order valence-corrected chi connectivity index (χ3v) is 2.99. The molecular weight excluding hydrogens is 214 g/mol. The average molecular weight is 233 g/mol. The summed E-state index contributed by atoms with van der Waals surface area (Å²) in [5.74, 6) is -0.853. The van der Waals surface area contributed by atoms with Gasteiger partial charge in [0.1, 0.15) is 5.78 Å². The van der Waals surface area contributed by atoms with Gasteiger partial charge in [-0.05, 0) is 50.5 Å². The number of carbonyl (C=O) groups is 2. The van der Waals surface area contributed by atoms with E-state index in [0.29, 0.717) is 6.42 Å². The molecule has 0 saturated heterocycles. The molecule has 1 aromatic rings. The summed E-state index contributed by atoms with van der Waals surface area (Å²) in [7, 11) is 0. The van der Waals surface area contributed by atoms with Crippen molar-refractivity contribution in [1.29, 1.82) is 0 Å². The maximum atomic E-state index is 11.8. The average Bonchev–Trinajstić information content (AvgIpc) is 2.24. The molecule has 0 heterocycles. The molecule has 0 aliphatic heterocycles. The zero-order chi connectivity index (χ0) is 13.0. The third kappa shape index (κ3) is 3.41.